The SMILES string of the molecule is CCC1(C(=O)NC(C)CCCC(C)C(=O)O)CCNC1. The summed E-state index contributed by atoms with van der Waals surface area (Å²) in [5, 5.41) is 15.2. The summed E-state index contributed by atoms with van der Waals surface area (Å²) in [4.78, 5) is 23.1. The highest BCUT2D eigenvalue weighted by atomic mass is 16.4. The van der Waals surface area contributed by atoms with Gasteiger partial charge in [0.2, 0.25) is 5.91 Å². The Morgan fingerprint density at radius 2 is 2.05 bits per heavy atom. The molecule has 0 radical (unpaired) electrons. The van der Waals surface area contributed by atoms with Gasteiger partial charge >= 0.3 is 5.97 Å². The van der Waals surface area contributed by atoms with Crippen LogP contribution in [0.3, 0.4) is 0 Å². The molecule has 0 bridgehead atoms. The van der Waals surface area contributed by atoms with E-state index in [-0.39, 0.29) is 23.3 Å². The fourth-order valence-electron chi connectivity index (χ4n) is 2.70. The quantitative estimate of drug-likeness (QED) is 0.635. The summed E-state index contributed by atoms with van der Waals surface area (Å²) in [5.74, 6) is -0.911. The highest BCUT2D eigenvalue weighted by Crippen LogP contribution is 2.29. The summed E-state index contributed by atoms with van der Waals surface area (Å²) in [5.41, 5.74) is -0.247. The number of amides is 1. The molecule has 1 aliphatic heterocycles. The summed E-state index contributed by atoms with van der Waals surface area (Å²) in [7, 11) is 0. The molecule has 0 aromatic heterocycles. The Bertz CT molecular complexity index is 338. The Morgan fingerprint density at radius 1 is 1.35 bits per heavy atom. The first-order valence-electron chi connectivity index (χ1n) is 7.66. The number of aliphatic carboxylic acids is 1. The third-order valence-corrected chi connectivity index (χ3v) is 4.48. The van der Waals surface area contributed by atoms with Crippen LogP contribution in [0.4, 0.5) is 0 Å². The largest absolute Gasteiger partial charge is 0.481 e. The first-order valence-corrected chi connectivity index (χ1v) is 7.66. The minimum Gasteiger partial charge on any atom is -0.481 e. The fraction of sp³-hybridized carbons (Fsp3) is 0.867. The Hall–Kier alpha value is -1.10. The van der Waals surface area contributed by atoms with Gasteiger partial charge in [0, 0.05) is 12.6 Å². The van der Waals surface area contributed by atoms with Crippen LogP contribution in [0.25, 0.3) is 0 Å². The average Bonchev–Trinajstić information content (AvgIpc) is 2.88. The van der Waals surface area contributed by atoms with Crippen LogP contribution in [-0.2, 0) is 9.59 Å². The van der Waals surface area contributed by atoms with Crippen molar-refractivity contribution in [3.05, 3.63) is 0 Å². The van der Waals surface area contributed by atoms with Crippen molar-refractivity contribution in [1.82, 2.24) is 10.6 Å². The molecule has 1 heterocycles. The van der Waals surface area contributed by atoms with Crippen LogP contribution < -0.4 is 10.6 Å². The van der Waals surface area contributed by atoms with Gasteiger partial charge in [0.1, 0.15) is 0 Å². The van der Waals surface area contributed by atoms with E-state index in [9.17, 15) is 9.59 Å². The molecule has 20 heavy (non-hydrogen) atoms. The lowest BCUT2D eigenvalue weighted by molar-refractivity contribution is -0.141. The monoisotopic (exact) mass is 284 g/mol. The summed E-state index contributed by atoms with van der Waals surface area (Å²) in [6, 6.07) is 0.104. The summed E-state index contributed by atoms with van der Waals surface area (Å²) < 4.78 is 0. The number of carboxylic acids is 1. The third-order valence-electron chi connectivity index (χ3n) is 4.48. The zero-order valence-electron chi connectivity index (χ0n) is 12.9. The number of hydrogen-bond donors (Lipinski definition) is 3. The molecular weight excluding hydrogens is 256 g/mol. The molecule has 1 aliphatic rings. The van der Waals surface area contributed by atoms with E-state index in [1.807, 2.05) is 6.92 Å². The molecule has 1 rings (SSSR count). The maximum atomic E-state index is 12.4. The standard InChI is InChI=1S/C15H28N2O3/c1-4-15(8-9-16-10-15)14(20)17-12(3)7-5-6-11(2)13(18)19/h11-12,16H,4-10H2,1-3H3,(H,17,20)(H,18,19). The normalized spacial score (nSPS) is 25.1. The van der Waals surface area contributed by atoms with Gasteiger partial charge in [-0.25, -0.2) is 0 Å². The minimum atomic E-state index is -0.747. The molecule has 3 unspecified atom stereocenters. The van der Waals surface area contributed by atoms with Gasteiger partial charge in [-0.05, 0) is 39.2 Å². The van der Waals surface area contributed by atoms with Crippen molar-refractivity contribution < 1.29 is 14.7 Å². The van der Waals surface area contributed by atoms with E-state index in [4.69, 9.17) is 5.11 Å². The van der Waals surface area contributed by atoms with Crippen molar-refractivity contribution in [3.8, 4) is 0 Å². The van der Waals surface area contributed by atoms with Crippen LogP contribution in [0.1, 0.15) is 52.9 Å². The average molecular weight is 284 g/mol. The fourth-order valence-corrected chi connectivity index (χ4v) is 2.70. The molecule has 1 fully saturated rings. The van der Waals surface area contributed by atoms with Gasteiger partial charge in [0.15, 0.2) is 0 Å². The van der Waals surface area contributed by atoms with E-state index >= 15 is 0 Å². The Labute approximate surface area is 121 Å². The first-order chi connectivity index (χ1) is 9.41. The molecule has 0 aromatic rings. The van der Waals surface area contributed by atoms with Crippen molar-refractivity contribution in [2.24, 2.45) is 11.3 Å². The number of nitrogens with one attached hydrogen (secondary N) is 2. The topological polar surface area (TPSA) is 78.4 Å². The molecule has 1 saturated heterocycles. The summed E-state index contributed by atoms with van der Waals surface area (Å²) in [6.07, 6.45) is 4.07. The van der Waals surface area contributed by atoms with Crippen molar-refractivity contribution in [2.45, 2.75) is 58.9 Å². The van der Waals surface area contributed by atoms with Crippen LogP contribution in [0.5, 0.6) is 0 Å². The predicted molar refractivity (Wildman–Crippen MR) is 78.5 cm³/mol. The van der Waals surface area contributed by atoms with Crippen LogP contribution >= 0.6 is 0 Å². The second kappa shape index (κ2) is 7.62. The van der Waals surface area contributed by atoms with Crippen molar-refractivity contribution in [2.75, 3.05) is 13.1 Å². The van der Waals surface area contributed by atoms with Crippen LogP contribution in [0.15, 0.2) is 0 Å². The van der Waals surface area contributed by atoms with Crippen LogP contribution in [0.2, 0.25) is 0 Å². The zero-order chi connectivity index (χ0) is 15.2. The van der Waals surface area contributed by atoms with Gasteiger partial charge in [0.25, 0.3) is 0 Å². The molecule has 5 nitrogen and oxygen atoms in total. The summed E-state index contributed by atoms with van der Waals surface area (Å²) >= 11 is 0. The van der Waals surface area contributed by atoms with Crippen LogP contribution in [0, 0.1) is 11.3 Å². The van der Waals surface area contributed by atoms with Gasteiger partial charge in [-0.3, -0.25) is 9.59 Å². The second-order valence-electron chi connectivity index (χ2n) is 6.11. The number of carbonyl (C=O) groups is 2. The van der Waals surface area contributed by atoms with Gasteiger partial charge < -0.3 is 15.7 Å². The number of carbonyl (C=O) groups excluding carboxylic acids is 1. The first kappa shape index (κ1) is 17.0. The number of rotatable bonds is 8. The van der Waals surface area contributed by atoms with Crippen molar-refractivity contribution in [3.63, 3.8) is 0 Å². The van der Waals surface area contributed by atoms with Crippen molar-refractivity contribution >= 4 is 11.9 Å². The molecule has 116 valence electrons. The van der Waals surface area contributed by atoms with E-state index < -0.39 is 5.97 Å². The molecule has 3 N–H and O–H groups in total. The Morgan fingerprint density at radius 3 is 2.55 bits per heavy atom. The van der Waals surface area contributed by atoms with Crippen LogP contribution in [-0.4, -0.2) is 36.1 Å². The maximum absolute atomic E-state index is 12.4. The highest BCUT2D eigenvalue weighted by Gasteiger charge is 2.39. The van der Waals surface area contributed by atoms with Gasteiger partial charge in [-0.1, -0.05) is 20.3 Å². The number of carboxylic acid groups (broad SMARTS) is 1. The Balaban J connectivity index is 2.32. The predicted octanol–water partition coefficient (Wildman–Crippen LogP) is 1.77. The minimum absolute atomic E-state index is 0.104. The smallest absolute Gasteiger partial charge is 0.306 e. The molecule has 1 amide bonds. The molecular formula is C15H28N2O3. The molecule has 0 aliphatic carbocycles. The van der Waals surface area contributed by atoms with E-state index in [1.54, 1.807) is 6.92 Å². The molecule has 0 spiro atoms. The van der Waals surface area contributed by atoms with Gasteiger partial charge in [-0.15, -0.1) is 0 Å². The number of hydrogen-bond acceptors (Lipinski definition) is 3. The third kappa shape index (κ3) is 4.47. The molecule has 0 aromatic carbocycles. The van der Waals surface area contributed by atoms with E-state index in [2.05, 4.69) is 17.6 Å². The lowest BCUT2D eigenvalue weighted by atomic mass is 9.83. The lowest BCUT2D eigenvalue weighted by Crippen LogP contribution is -2.45. The molecule has 0 saturated carbocycles. The maximum Gasteiger partial charge on any atom is 0.306 e. The van der Waals surface area contributed by atoms with Gasteiger partial charge in [0.05, 0.1) is 11.3 Å². The van der Waals surface area contributed by atoms with Gasteiger partial charge in [-0.2, -0.15) is 0 Å². The van der Waals surface area contributed by atoms with E-state index in [0.717, 1.165) is 38.8 Å². The lowest BCUT2D eigenvalue weighted by Gasteiger charge is -2.27. The molecule has 3 atom stereocenters. The van der Waals surface area contributed by atoms with E-state index in [1.165, 1.54) is 0 Å². The Kier molecular flexibility index (Phi) is 6.46. The molecule has 5 heteroatoms. The van der Waals surface area contributed by atoms with Crippen molar-refractivity contribution in [1.29, 1.82) is 0 Å². The zero-order valence-corrected chi connectivity index (χ0v) is 12.9. The van der Waals surface area contributed by atoms with E-state index in [0.29, 0.717) is 6.42 Å². The second-order valence-corrected chi connectivity index (χ2v) is 6.11. The highest BCUT2D eigenvalue weighted by molar-refractivity contribution is 5.83. The summed E-state index contributed by atoms with van der Waals surface area (Å²) in [6.45, 7) is 7.45.